The summed E-state index contributed by atoms with van der Waals surface area (Å²) in [6.45, 7) is 2.04. The lowest BCUT2D eigenvalue weighted by Crippen LogP contribution is -2.25. The normalized spacial score (nSPS) is 13.1. The van der Waals surface area contributed by atoms with Crippen molar-refractivity contribution in [3.63, 3.8) is 0 Å². The highest BCUT2D eigenvalue weighted by atomic mass is 16.5. The molecule has 2 aromatic carbocycles. The van der Waals surface area contributed by atoms with E-state index < -0.39 is 0 Å². The minimum absolute atomic E-state index is 0.167. The Bertz CT molecular complexity index is 1040. The summed E-state index contributed by atoms with van der Waals surface area (Å²) in [4.78, 5) is 13.1. The molecule has 0 spiro atoms. The maximum atomic E-state index is 13.1. The van der Waals surface area contributed by atoms with Crippen molar-refractivity contribution in [3.8, 4) is 28.4 Å². The number of carbonyl (C=O) groups excluding carboxylic acids is 1. The number of rotatable bonds is 11. The predicted molar refractivity (Wildman–Crippen MR) is 123 cm³/mol. The molecule has 1 fully saturated rings. The van der Waals surface area contributed by atoms with Crippen LogP contribution >= 0.6 is 0 Å². The summed E-state index contributed by atoms with van der Waals surface area (Å²) in [5.41, 5.74) is 2.73. The Balaban J connectivity index is 1.54. The van der Waals surface area contributed by atoms with Crippen LogP contribution in [0.3, 0.4) is 0 Å². The van der Waals surface area contributed by atoms with Crippen molar-refractivity contribution in [2.24, 2.45) is 5.92 Å². The van der Waals surface area contributed by atoms with Gasteiger partial charge in [0.05, 0.1) is 25.5 Å². The molecule has 0 atom stereocenters. The van der Waals surface area contributed by atoms with Crippen LogP contribution in [-0.4, -0.2) is 49.7 Å². The van der Waals surface area contributed by atoms with Crippen LogP contribution in [0.15, 0.2) is 54.7 Å². The van der Waals surface area contributed by atoms with Gasteiger partial charge in [-0.05, 0) is 55.5 Å². The Labute approximate surface area is 188 Å². The van der Waals surface area contributed by atoms with Gasteiger partial charge in [0, 0.05) is 31.5 Å². The third kappa shape index (κ3) is 5.29. The molecule has 1 saturated carbocycles. The number of benzene rings is 2. The van der Waals surface area contributed by atoms with Crippen LogP contribution in [0.1, 0.15) is 29.6 Å². The Morgan fingerprint density at radius 2 is 1.88 bits per heavy atom. The summed E-state index contributed by atoms with van der Waals surface area (Å²) in [6, 6.07) is 15.2. The van der Waals surface area contributed by atoms with Crippen LogP contribution in [0.25, 0.3) is 16.9 Å². The fourth-order valence-electron chi connectivity index (χ4n) is 3.46. The van der Waals surface area contributed by atoms with Crippen molar-refractivity contribution < 1.29 is 19.0 Å². The number of amides is 1. The van der Waals surface area contributed by atoms with Gasteiger partial charge < -0.3 is 19.5 Å². The molecule has 0 bridgehead atoms. The van der Waals surface area contributed by atoms with E-state index in [-0.39, 0.29) is 5.91 Å². The average molecular weight is 436 g/mol. The number of nitrogens with zero attached hydrogens (tertiary/aromatic N) is 2. The number of hydrogen-bond acceptors (Lipinski definition) is 5. The van der Waals surface area contributed by atoms with Gasteiger partial charge >= 0.3 is 0 Å². The van der Waals surface area contributed by atoms with Gasteiger partial charge in [0.1, 0.15) is 5.69 Å². The first-order chi connectivity index (χ1) is 15.7. The molecule has 1 N–H and O–H groups in total. The molecule has 7 nitrogen and oxygen atoms in total. The fraction of sp³-hybridized carbons (Fsp3) is 0.360. The maximum Gasteiger partial charge on any atom is 0.255 e. The number of ether oxygens (including phenoxy) is 3. The first-order valence-corrected chi connectivity index (χ1v) is 10.9. The highest BCUT2D eigenvalue weighted by molar-refractivity contribution is 6.00. The molecule has 7 heteroatoms. The Morgan fingerprint density at radius 1 is 1.09 bits per heavy atom. The third-order valence-electron chi connectivity index (χ3n) is 5.44. The molecule has 4 rings (SSSR count). The van der Waals surface area contributed by atoms with E-state index in [2.05, 4.69) is 5.32 Å². The van der Waals surface area contributed by atoms with Gasteiger partial charge in [-0.15, -0.1) is 0 Å². The average Bonchev–Trinajstić information content (AvgIpc) is 3.56. The molecule has 168 valence electrons. The molecule has 1 aromatic heterocycles. The first kappa shape index (κ1) is 21.9. The van der Waals surface area contributed by atoms with Gasteiger partial charge in [0.25, 0.3) is 5.91 Å². The predicted octanol–water partition coefficient (Wildman–Crippen LogP) is 4.10. The highest BCUT2D eigenvalue weighted by Gasteiger charge is 2.21. The van der Waals surface area contributed by atoms with E-state index in [4.69, 9.17) is 19.3 Å². The Morgan fingerprint density at radius 3 is 2.59 bits per heavy atom. The molecule has 1 heterocycles. The van der Waals surface area contributed by atoms with Gasteiger partial charge in [-0.2, -0.15) is 5.10 Å². The molecule has 1 aliphatic rings. The summed E-state index contributed by atoms with van der Waals surface area (Å²) in [5, 5.41) is 7.72. The summed E-state index contributed by atoms with van der Waals surface area (Å²) in [5.74, 6) is 1.78. The smallest absolute Gasteiger partial charge is 0.255 e. The monoisotopic (exact) mass is 435 g/mol. The number of methoxy groups -OCH3 is 2. The van der Waals surface area contributed by atoms with Crippen molar-refractivity contribution in [2.75, 3.05) is 34.0 Å². The summed E-state index contributed by atoms with van der Waals surface area (Å²) in [6.07, 6.45) is 5.10. The molecule has 0 radical (unpaired) electrons. The fourth-order valence-corrected chi connectivity index (χ4v) is 3.46. The third-order valence-corrected chi connectivity index (χ3v) is 5.44. The lowest BCUT2D eigenvalue weighted by molar-refractivity contribution is 0.0938. The summed E-state index contributed by atoms with van der Waals surface area (Å²) in [7, 11) is 3.18. The summed E-state index contributed by atoms with van der Waals surface area (Å²) >= 11 is 0. The standard InChI is InChI=1S/C25H29N3O4/c1-30-22-12-11-19(15-23(22)31-2)24-21(16-28(27-24)20-7-4-3-5-8-20)25(29)26-13-6-14-32-17-18-9-10-18/h3-5,7-8,11-12,15-16,18H,6,9-10,13-14,17H2,1-2H3,(H,26,29). The van der Waals surface area contributed by atoms with Crippen LogP contribution < -0.4 is 14.8 Å². The van der Waals surface area contributed by atoms with Crippen LogP contribution in [0.5, 0.6) is 11.5 Å². The van der Waals surface area contributed by atoms with E-state index in [1.165, 1.54) is 12.8 Å². The molecule has 32 heavy (non-hydrogen) atoms. The van der Waals surface area contributed by atoms with Crippen LogP contribution in [0, 0.1) is 5.92 Å². The Kier molecular flexibility index (Phi) is 7.07. The van der Waals surface area contributed by atoms with E-state index in [9.17, 15) is 4.79 Å². The van der Waals surface area contributed by atoms with Gasteiger partial charge in [0.2, 0.25) is 0 Å². The molecule has 3 aromatic rings. The topological polar surface area (TPSA) is 74.6 Å². The second-order valence-corrected chi connectivity index (χ2v) is 7.87. The number of nitrogens with one attached hydrogen (secondary N) is 1. The maximum absolute atomic E-state index is 13.1. The van der Waals surface area contributed by atoms with Crippen molar-refractivity contribution >= 4 is 5.91 Å². The second kappa shape index (κ2) is 10.3. The molecule has 0 unspecified atom stereocenters. The van der Waals surface area contributed by atoms with E-state index in [1.807, 2.05) is 48.5 Å². The van der Waals surface area contributed by atoms with Crippen LogP contribution in [0.4, 0.5) is 0 Å². The molecule has 1 aliphatic carbocycles. The summed E-state index contributed by atoms with van der Waals surface area (Å²) < 4.78 is 18.2. The number of carbonyl (C=O) groups is 1. The zero-order valence-corrected chi connectivity index (χ0v) is 18.5. The molecular formula is C25H29N3O4. The minimum atomic E-state index is -0.167. The lowest BCUT2D eigenvalue weighted by Gasteiger charge is -2.10. The van der Waals surface area contributed by atoms with E-state index in [0.717, 1.165) is 30.2 Å². The SMILES string of the molecule is COc1ccc(-c2nn(-c3ccccc3)cc2C(=O)NCCCOCC2CC2)cc1OC. The van der Waals surface area contributed by atoms with Crippen molar-refractivity contribution in [1.82, 2.24) is 15.1 Å². The molecular weight excluding hydrogens is 406 g/mol. The number of aromatic nitrogens is 2. The largest absolute Gasteiger partial charge is 0.493 e. The zero-order chi connectivity index (χ0) is 22.3. The molecule has 0 aliphatic heterocycles. The van der Waals surface area contributed by atoms with Gasteiger partial charge in [-0.1, -0.05) is 18.2 Å². The number of hydrogen-bond donors (Lipinski definition) is 1. The zero-order valence-electron chi connectivity index (χ0n) is 18.5. The van der Waals surface area contributed by atoms with E-state index in [1.54, 1.807) is 25.1 Å². The molecule has 0 saturated heterocycles. The van der Waals surface area contributed by atoms with Gasteiger partial charge in [0.15, 0.2) is 11.5 Å². The van der Waals surface area contributed by atoms with Gasteiger partial charge in [-0.3, -0.25) is 4.79 Å². The van der Waals surface area contributed by atoms with E-state index >= 15 is 0 Å². The quantitative estimate of drug-likeness (QED) is 0.459. The van der Waals surface area contributed by atoms with E-state index in [0.29, 0.717) is 35.9 Å². The van der Waals surface area contributed by atoms with Gasteiger partial charge in [-0.25, -0.2) is 4.68 Å². The highest BCUT2D eigenvalue weighted by Crippen LogP contribution is 2.33. The minimum Gasteiger partial charge on any atom is -0.493 e. The lowest BCUT2D eigenvalue weighted by atomic mass is 10.1. The first-order valence-electron chi connectivity index (χ1n) is 10.9. The second-order valence-electron chi connectivity index (χ2n) is 7.87. The van der Waals surface area contributed by atoms with Crippen molar-refractivity contribution in [3.05, 3.63) is 60.3 Å². The Hall–Kier alpha value is -3.32. The van der Waals surface area contributed by atoms with Crippen LogP contribution in [-0.2, 0) is 4.74 Å². The van der Waals surface area contributed by atoms with Crippen molar-refractivity contribution in [2.45, 2.75) is 19.3 Å². The number of para-hydroxylation sites is 1. The van der Waals surface area contributed by atoms with Crippen LogP contribution in [0.2, 0.25) is 0 Å². The van der Waals surface area contributed by atoms with Crippen molar-refractivity contribution in [1.29, 1.82) is 0 Å². The molecule has 1 amide bonds.